The topological polar surface area (TPSA) is 115 Å². The van der Waals surface area contributed by atoms with Crippen LogP contribution in [0.2, 0.25) is 0 Å². The number of carbonyl (C=O) groups excluding carboxylic acids is 2. The zero-order valence-electron chi connectivity index (χ0n) is 8.76. The Kier molecular flexibility index (Phi) is 91.4. The molecule has 0 rings (SSSR count). The Labute approximate surface area is 103 Å². The Hall–Kier alpha value is -0.100. The predicted molar refractivity (Wildman–Crippen MR) is 44.7 cm³/mol. The number of ketones is 1. The van der Waals surface area contributed by atoms with Gasteiger partial charge in [0, 0.05) is 6.57 Å². The van der Waals surface area contributed by atoms with Crippen molar-refractivity contribution in [2.75, 3.05) is 0 Å². The third kappa shape index (κ3) is 117000. The summed E-state index contributed by atoms with van der Waals surface area (Å²) < 4.78 is 22.8. The van der Waals surface area contributed by atoms with Gasteiger partial charge in [-0.3, -0.25) is 9.11 Å². The molecule has 2 N–H and O–H groups in total. The second-order valence-corrected chi connectivity index (χ2v) is 1.60. The molecule has 0 aliphatic rings. The minimum Gasteiger partial charge on any atom is -1.00 e. The van der Waals surface area contributed by atoms with Crippen molar-refractivity contribution in [3.63, 3.8) is 0 Å². The van der Waals surface area contributed by atoms with E-state index in [1.54, 1.807) is 0 Å². The van der Waals surface area contributed by atoms with E-state index in [2.05, 4.69) is 6.57 Å². The predicted octanol–water partition coefficient (Wildman–Crippen LogP) is -2.65. The normalized spacial score (nSPS) is 5.15. The summed E-state index contributed by atoms with van der Waals surface area (Å²) in [6.07, 6.45) is 0. The molecule has 74 valence electrons. The van der Waals surface area contributed by atoms with Crippen molar-refractivity contribution < 1.29 is 53.9 Å². The summed E-state index contributed by atoms with van der Waals surface area (Å²) in [4.78, 5) is 17.4. The molecule has 0 bridgehead atoms. The third-order valence-electron chi connectivity index (χ3n) is 0. The summed E-state index contributed by atoms with van der Waals surface area (Å²) >= 11 is -2.61. The molecule has 0 spiro atoms. The van der Waals surface area contributed by atoms with Crippen LogP contribution in [0.5, 0.6) is 0 Å². The summed E-state index contributed by atoms with van der Waals surface area (Å²) in [6.45, 7) is 8.56. The minimum absolute atomic E-state index is 0. The van der Waals surface area contributed by atoms with Gasteiger partial charge in [-0.25, -0.2) is 5.26 Å². The summed E-state index contributed by atoms with van der Waals surface area (Å²) in [7, 11) is 0. The van der Waals surface area contributed by atoms with Crippen molar-refractivity contribution in [2.24, 2.45) is 0 Å². The van der Waals surface area contributed by atoms with E-state index in [1.807, 2.05) is 6.79 Å². The van der Waals surface area contributed by atoms with Crippen LogP contribution in [0.25, 0.3) is 0 Å². The van der Waals surface area contributed by atoms with Gasteiger partial charge in [0.25, 0.3) is 11.4 Å². The fourth-order valence-electron chi connectivity index (χ4n) is 0. The standard InChI is InChI=1S/C3H6O.CHN.CH2O.Na.H2O3S.H/c1-3(2)4;2*1-2;;1-4(2)3;/h1-2H3;1H;1H2;;(H2,1,2,3);/q;;;+1;;-1. The van der Waals surface area contributed by atoms with Gasteiger partial charge in [0.05, 0.1) is 0 Å². The van der Waals surface area contributed by atoms with Crippen LogP contribution in [0, 0.1) is 11.8 Å². The number of carbonyl (C=O) groups is 2. The Morgan fingerprint density at radius 3 is 1.38 bits per heavy atom. The monoisotopic (exact) mass is 221 g/mol. The second-order valence-electron chi connectivity index (χ2n) is 1.14. The number of nitriles is 1. The van der Waals surface area contributed by atoms with E-state index in [0.717, 1.165) is 0 Å². The SMILES string of the molecule is C#N.C=O.CC(C)=O.O=S(O)O.[H-].[Na+]. The van der Waals surface area contributed by atoms with E-state index in [4.69, 9.17) is 23.4 Å². The second kappa shape index (κ2) is 40.6. The molecule has 0 aliphatic heterocycles. The van der Waals surface area contributed by atoms with Gasteiger partial charge in [0.15, 0.2) is 0 Å². The summed E-state index contributed by atoms with van der Waals surface area (Å²) in [6, 6.07) is 0. The average molecular weight is 221 g/mol. The molecule has 0 radical (unpaired) electrons. The van der Waals surface area contributed by atoms with Crippen molar-refractivity contribution in [2.45, 2.75) is 13.8 Å². The molecular formula is C5H12NNaO5S. The van der Waals surface area contributed by atoms with Gasteiger partial charge in [-0.15, -0.1) is 0 Å². The Bertz CT molecular complexity index is 125. The van der Waals surface area contributed by atoms with Gasteiger partial charge in [0.2, 0.25) is 0 Å². The molecule has 13 heavy (non-hydrogen) atoms. The van der Waals surface area contributed by atoms with E-state index in [9.17, 15) is 4.79 Å². The molecule has 0 aliphatic carbocycles. The first-order valence-corrected chi connectivity index (χ1v) is 3.35. The number of rotatable bonds is 0. The molecule has 0 atom stereocenters. The van der Waals surface area contributed by atoms with Crippen molar-refractivity contribution >= 4 is 23.9 Å². The van der Waals surface area contributed by atoms with Crippen molar-refractivity contribution in [1.29, 1.82) is 5.26 Å². The number of hydrogen-bond acceptors (Lipinski definition) is 4. The average Bonchev–Trinajstić information content (AvgIpc) is 1.93. The number of hydrogen-bond donors (Lipinski definition) is 2. The third-order valence-corrected chi connectivity index (χ3v) is 0. The Morgan fingerprint density at radius 2 is 1.38 bits per heavy atom. The molecule has 0 aromatic heterocycles. The molecule has 0 aromatic rings. The minimum atomic E-state index is -2.61. The first-order chi connectivity index (χ1) is 5.46. The van der Waals surface area contributed by atoms with Crippen molar-refractivity contribution in [1.82, 2.24) is 0 Å². The first-order valence-electron chi connectivity index (χ1n) is 2.28. The van der Waals surface area contributed by atoms with Crippen LogP contribution in [0.15, 0.2) is 0 Å². The Balaban J connectivity index is -0.0000000153. The fraction of sp³-hybridized carbons (Fsp3) is 0.400. The molecule has 0 aromatic carbocycles. The van der Waals surface area contributed by atoms with E-state index in [0.29, 0.717) is 0 Å². The summed E-state index contributed by atoms with van der Waals surface area (Å²) in [5.41, 5.74) is 0. The van der Waals surface area contributed by atoms with Gasteiger partial charge in [0.1, 0.15) is 12.6 Å². The number of Topliss-reactive ketones (excluding diaryl/α,β-unsaturated/α-hetero) is 1. The summed E-state index contributed by atoms with van der Waals surface area (Å²) in [5.74, 6) is 0.167. The van der Waals surface area contributed by atoms with E-state index < -0.39 is 11.4 Å². The van der Waals surface area contributed by atoms with Gasteiger partial charge in [-0.2, -0.15) is 4.21 Å². The summed E-state index contributed by atoms with van der Waals surface area (Å²) in [5, 5.41) is 6.50. The van der Waals surface area contributed by atoms with Crippen LogP contribution >= 0.6 is 0 Å². The molecule has 8 heteroatoms. The Morgan fingerprint density at radius 1 is 1.38 bits per heavy atom. The van der Waals surface area contributed by atoms with Gasteiger partial charge in [-0.05, 0) is 13.8 Å². The molecule has 0 fully saturated rings. The molecular weight excluding hydrogens is 209 g/mol. The van der Waals surface area contributed by atoms with Crippen LogP contribution in [0.3, 0.4) is 0 Å². The quantitative estimate of drug-likeness (QED) is 0.341. The zero-order valence-corrected chi connectivity index (χ0v) is 10.6. The molecule has 0 saturated carbocycles. The molecule has 0 saturated heterocycles. The molecule has 0 amide bonds. The fourth-order valence-corrected chi connectivity index (χ4v) is 0. The number of nitrogens with zero attached hydrogens (tertiary/aromatic N) is 1. The van der Waals surface area contributed by atoms with Crippen LogP contribution < -0.4 is 29.6 Å². The molecule has 0 heterocycles. The zero-order chi connectivity index (χ0) is 11.2. The van der Waals surface area contributed by atoms with Gasteiger partial charge in [-0.1, -0.05) is 0 Å². The van der Waals surface area contributed by atoms with Gasteiger partial charge >= 0.3 is 29.6 Å². The van der Waals surface area contributed by atoms with E-state index in [1.165, 1.54) is 13.8 Å². The van der Waals surface area contributed by atoms with Crippen LogP contribution in [0.1, 0.15) is 15.3 Å². The van der Waals surface area contributed by atoms with E-state index in [-0.39, 0.29) is 36.8 Å². The van der Waals surface area contributed by atoms with E-state index >= 15 is 0 Å². The van der Waals surface area contributed by atoms with Gasteiger partial charge < -0.3 is 11.0 Å². The van der Waals surface area contributed by atoms with Crippen molar-refractivity contribution in [3.8, 4) is 6.57 Å². The first kappa shape index (κ1) is 29.3. The van der Waals surface area contributed by atoms with Crippen LogP contribution in [-0.2, 0) is 21.0 Å². The molecule has 6 nitrogen and oxygen atoms in total. The van der Waals surface area contributed by atoms with Crippen LogP contribution in [0.4, 0.5) is 0 Å². The maximum Gasteiger partial charge on any atom is 1.00 e. The maximum absolute atomic E-state index is 9.44. The maximum atomic E-state index is 9.44. The van der Waals surface area contributed by atoms with Crippen molar-refractivity contribution in [3.05, 3.63) is 0 Å². The molecule has 0 unspecified atom stereocenters. The smallest absolute Gasteiger partial charge is 1.00 e. The van der Waals surface area contributed by atoms with Crippen LogP contribution in [-0.4, -0.2) is 25.9 Å². The largest absolute Gasteiger partial charge is 1.00 e.